The van der Waals surface area contributed by atoms with Crippen LogP contribution in [0, 0.1) is 0 Å². The Hall–Kier alpha value is -4.37. The van der Waals surface area contributed by atoms with Crippen molar-refractivity contribution in [2.75, 3.05) is 26.9 Å². The monoisotopic (exact) mass is 546 g/mol. The van der Waals surface area contributed by atoms with Gasteiger partial charge in [-0.05, 0) is 55.3 Å². The van der Waals surface area contributed by atoms with Gasteiger partial charge in [0.25, 0.3) is 5.56 Å². The van der Waals surface area contributed by atoms with Crippen LogP contribution in [0.25, 0.3) is 6.08 Å². The van der Waals surface area contributed by atoms with Crippen molar-refractivity contribution >= 4 is 23.4 Å². The zero-order chi connectivity index (χ0) is 27.9. The average Bonchev–Trinajstić information content (AvgIpc) is 3.24. The van der Waals surface area contributed by atoms with E-state index in [1.807, 2.05) is 18.2 Å². The summed E-state index contributed by atoms with van der Waals surface area (Å²) < 4.78 is 24.1. The number of nitrogens with zero attached hydrogens (tertiary/aromatic N) is 2. The molecule has 0 aliphatic carbocycles. The fourth-order valence-corrected chi connectivity index (χ4v) is 5.25. The molecule has 0 amide bonds. The largest absolute Gasteiger partial charge is 0.493 e. The van der Waals surface area contributed by atoms with E-state index in [9.17, 15) is 9.59 Å². The van der Waals surface area contributed by atoms with E-state index < -0.39 is 12.0 Å². The number of esters is 1. The van der Waals surface area contributed by atoms with Gasteiger partial charge >= 0.3 is 5.97 Å². The van der Waals surface area contributed by atoms with Crippen molar-refractivity contribution in [2.45, 2.75) is 19.9 Å². The lowest BCUT2D eigenvalue weighted by molar-refractivity contribution is -0.139. The second kappa shape index (κ2) is 12.4. The molecule has 0 N–H and O–H groups in total. The maximum absolute atomic E-state index is 13.8. The molecular weight excluding hydrogens is 516 g/mol. The first-order chi connectivity index (χ1) is 18.9. The molecule has 202 valence electrons. The minimum absolute atomic E-state index is 0.204. The van der Waals surface area contributed by atoms with E-state index in [1.54, 1.807) is 68.0 Å². The van der Waals surface area contributed by atoms with Crippen LogP contribution in [0.4, 0.5) is 0 Å². The summed E-state index contributed by atoms with van der Waals surface area (Å²) in [7, 11) is 1.56. The fourth-order valence-electron chi connectivity index (χ4n) is 4.20. The van der Waals surface area contributed by atoms with Gasteiger partial charge in [-0.1, -0.05) is 54.8 Å². The number of fused-ring (bicyclic) bond motifs is 1. The van der Waals surface area contributed by atoms with Gasteiger partial charge in [0.15, 0.2) is 16.3 Å². The molecule has 0 saturated heterocycles. The number of hydrogen-bond donors (Lipinski definition) is 0. The predicted octanol–water partition coefficient (Wildman–Crippen LogP) is 3.94. The van der Waals surface area contributed by atoms with Crippen LogP contribution in [0.3, 0.4) is 0 Å². The van der Waals surface area contributed by atoms with Crippen LogP contribution < -0.4 is 29.1 Å². The van der Waals surface area contributed by atoms with E-state index in [1.165, 1.54) is 11.3 Å². The molecule has 0 saturated carbocycles. The van der Waals surface area contributed by atoms with E-state index in [0.717, 1.165) is 11.1 Å². The Morgan fingerprint density at radius 2 is 1.79 bits per heavy atom. The van der Waals surface area contributed by atoms with E-state index in [-0.39, 0.29) is 12.2 Å². The first-order valence-corrected chi connectivity index (χ1v) is 13.2. The van der Waals surface area contributed by atoms with Gasteiger partial charge in [-0.25, -0.2) is 9.79 Å². The van der Waals surface area contributed by atoms with Gasteiger partial charge in [0.05, 0.1) is 35.6 Å². The third-order valence-corrected chi connectivity index (χ3v) is 6.91. The van der Waals surface area contributed by atoms with E-state index >= 15 is 0 Å². The molecule has 4 rings (SSSR count). The molecule has 0 fully saturated rings. The number of methoxy groups -OCH3 is 1. The van der Waals surface area contributed by atoms with Gasteiger partial charge in [0.2, 0.25) is 0 Å². The summed E-state index contributed by atoms with van der Waals surface area (Å²) in [4.78, 5) is 32.0. The minimum Gasteiger partial charge on any atom is -0.493 e. The Morgan fingerprint density at radius 3 is 2.46 bits per heavy atom. The molecule has 0 bridgehead atoms. The molecule has 39 heavy (non-hydrogen) atoms. The molecule has 3 aromatic rings. The van der Waals surface area contributed by atoms with Crippen LogP contribution in [0.15, 0.2) is 88.8 Å². The lowest BCUT2D eigenvalue weighted by Crippen LogP contribution is -2.39. The molecule has 1 aliphatic heterocycles. The first kappa shape index (κ1) is 27.7. The fraction of sp³-hybridized carbons (Fsp3) is 0.233. The van der Waals surface area contributed by atoms with E-state index in [2.05, 4.69) is 18.2 Å². The van der Waals surface area contributed by atoms with Crippen molar-refractivity contribution in [1.29, 1.82) is 0 Å². The standard InChI is InChI=1S/C30H30N2O6S/c1-6-15-37-22-12-10-21(11-13-22)27-26(29(34)36-8-3)19(4)31-30-32(27)28(33)25(39-30)18-20-9-14-23(38-16-7-2)24(17-20)35-5/h6-7,9-14,17-18,27H,1-2,8,15-16H2,3-5H3/b25-18-/t27-/m0/s1. The quantitative estimate of drug-likeness (QED) is 0.268. The highest BCUT2D eigenvalue weighted by molar-refractivity contribution is 7.07. The number of carbonyl (C=O) groups is 1. The summed E-state index contributed by atoms with van der Waals surface area (Å²) in [5, 5.41) is 0. The summed E-state index contributed by atoms with van der Waals surface area (Å²) >= 11 is 1.25. The van der Waals surface area contributed by atoms with Gasteiger partial charge in [-0.3, -0.25) is 9.36 Å². The number of benzene rings is 2. The highest BCUT2D eigenvalue weighted by Crippen LogP contribution is 2.32. The molecule has 0 unspecified atom stereocenters. The van der Waals surface area contributed by atoms with Crippen molar-refractivity contribution in [1.82, 2.24) is 4.57 Å². The highest BCUT2D eigenvalue weighted by atomic mass is 32.1. The number of hydrogen-bond acceptors (Lipinski definition) is 8. The Morgan fingerprint density at radius 1 is 1.08 bits per heavy atom. The topological polar surface area (TPSA) is 88.4 Å². The molecule has 1 aliphatic rings. The van der Waals surface area contributed by atoms with E-state index in [4.69, 9.17) is 18.9 Å². The molecular formula is C30H30N2O6S. The Bertz CT molecular complexity index is 1600. The highest BCUT2D eigenvalue weighted by Gasteiger charge is 2.33. The Kier molecular flexibility index (Phi) is 8.83. The number of allylic oxidation sites excluding steroid dienone is 1. The lowest BCUT2D eigenvalue weighted by atomic mass is 9.96. The number of carbonyl (C=O) groups excluding carboxylic acids is 1. The summed E-state index contributed by atoms with van der Waals surface area (Å²) in [6.45, 7) is 11.7. The lowest BCUT2D eigenvalue weighted by Gasteiger charge is -2.24. The molecule has 0 radical (unpaired) electrons. The number of thiazole rings is 1. The number of ether oxygens (including phenoxy) is 4. The SMILES string of the molecule is C=CCOc1ccc([C@H]2C(C(=O)OCC)=C(C)N=c3s/c(=C\c4ccc(OCC=C)c(OC)c4)c(=O)n32)cc1. The van der Waals surface area contributed by atoms with Crippen LogP contribution in [-0.4, -0.2) is 37.5 Å². The Labute approximate surface area is 230 Å². The van der Waals surface area contributed by atoms with Crippen molar-refractivity contribution < 1.29 is 23.7 Å². The normalized spacial score (nSPS) is 14.7. The zero-order valence-corrected chi connectivity index (χ0v) is 23.0. The van der Waals surface area contributed by atoms with Gasteiger partial charge in [-0.15, -0.1) is 0 Å². The maximum atomic E-state index is 13.8. The maximum Gasteiger partial charge on any atom is 0.338 e. The predicted molar refractivity (Wildman–Crippen MR) is 151 cm³/mol. The average molecular weight is 547 g/mol. The molecule has 1 aromatic heterocycles. The first-order valence-electron chi connectivity index (χ1n) is 12.4. The van der Waals surface area contributed by atoms with Gasteiger partial charge in [-0.2, -0.15) is 0 Å². The van der Waals surface area contributed by atoms with Crippen LogP contribution >= 0.6 is 11.3 Å². The summed E-state index contributed by atoms with van der Waals surface area (Å²) in [5.74, 6) is 1.26. The summed E-state index contributed by atoms with van der Waals surface area (Å²) in [6.07, 6.45) is 5.09. The zero-order valence-electron chi connectivity index (χ0n) is 22.1. The molecule has 2 heterocycles. The second-order valence-electron chi connectivity index (χ2n) is 8.48. The summed E-state index contributed by atoms with van der Waals surface area (Å²) in [5.41, 5.74) is 2.04. The van der Waals surface area contributed by atoms with Crippen LogP contribution in [0.1, 0.15) is 31.0 Å². The van der Waals surface area contributed by atoms with Crippen LogP contribution in [0.2, 0.25) is 0 Å². The third-order valence-electron chi connectivity index (χ3n) is 5.92. The van der Waals surface area contributed by atoms with E-state index in [0.29, 0.717) is 51.1 Å². The van der Waals surface area contributed by atoms with Gasteiger partial charge in [0, 0.05) is 0 Å². The van der Waals surface area contributed by atoms with Crippen LogP contribution in [-0.2, 0) is 9.53 Å². The number of rotatable bonds is 11. The minimum atomic E-state index is -0.708. The van der Waals surface area contributed by atoms with Crippen LogP contribution in [0.5, 0.6) is 17.2 Å². The molecule has 9 heteroatoms. The van der Waals surface area contributed by atoms with Crippen molar-refractivity contribution in [3.63, 3.8) is 0 Å². The molecule has 0 spiro atoms. The second-order valence-corrected chi connectivity index (χ2v) is 9.49. The number of aromatic nitrogens is 1. The van der Waals surface area contributed by atoms with Gasteiger partial charge < -0.3 is 18.9 Å². The van der Waals surface area contributed by atoms with Crippen molar-refractivity contribution in [3.05, 3.63) is 110 Å². The molecule has 8 nitrogen and oxygen atoms in total. The van der Waals surface area contributed by atoms with Crippen molar-refractivity contribution in [2.24, 2.45) is 4.99 Å². The molecule has 1 atom stereocenters. The van der Waals surface area contributed by atoms with Gasteiger partial charge in [0.1, 0.15) is 19.0 Å². The summed E-state index contributed by atoms with van der Waals surface area (Å²) in [6, 6.07) is 12.0. The van der Waals surface area contributed by atoms with Crippen molar-refractivity contribution in [3.8, 4) is 17.2 Å². The third kappa shape index (κ3) is 5.88. The smallest absolute Gasteiger partial charge is 0.338 e. The molecule has 2 aromatic carbocycles. The Balaban J connectivity index is 1.84.